The Hall–Kier alpha value is -1.07. The van der Waals surface area contributed by atoms with E-state index in [0.717, 1.165) is 0 Å². The van der Waals surface area contributed by atoms with E-state index >= 15 is 0 Å². The number of benzene rings is 1. The van der Waals surface area contributed by atoms with Gasteiger partial charge in [-0.25, -0.2) is 0 Å². The average molecular weight is 286 g/mol. The molecule has 19 heavy (non-hydrogen) atoms. The number of rotatable bonds is 7. The zero-order valence-electron chi connectivity index (χ0n) is 11.3. The van der Waals surface area contributed by atoms with Crippen LogP contribution in [0.5, 0.6) is 0 Å². The Morgan fingerprint density at radius 3 is 2.37 bits per heavy atom. The van der Waals surface area contributed by atoms with Crippen LogP contribution >= 0.6 is 12.2 Å². The molecule has 106 valence electrons. The van der Waals surface area contributed by atoms with Gasteiger partial charge in [-0.3, -0.25) is 4.90 Å². The lowest BCUT2D eigenvalue weighted by Crippen LogP contribution is -2.41. The Bertz CT molecular complexity index is 407. The summed E-state index contributed by atoms with van der Waals surface area (Å²) in [7, 11) is 0. The van der Waals surface area contributed by atoms with Gasteiger partial charge >= 0.3 is 0 Å². The number of alkyl halides is 2. The van der Waals surface area contributed by atoms with Crippen molar-refractivity contribution in [3.8, 4) is 0 Å². The monoisotopic (exact) mass is 286 g/mol. The van der Waals surface area contributed by atoms with Gasteiger partial charge in [0.2, 0.25) is 0 Å². The third kappa shape index (κ3) is 5.20. The van der Waals surface area contributed by atoms with E-state index < -0.39 is 5.92 Å². The minimum atomic E-state index is -2.87. The van der Waals surface area contributed by atoms with Crippen LogP contribution < -0.4 is 5.73 Å². The molecule has 0 aromatic heterocycles. The van der Waals surface area contributed by atoms with E-state index in [0.29, 0.717) is 18.0 Å². The number of nitrogens with two attached hydrogens (primary N) is 1. The third-order valence-corrected chi connectivity index (χ3v) is 3.18. The zero-order chi connectivity index (χ0) is 14.5. The lowest BCUT2D eigenvalue weighted by atomic mass is 10.1. The van der Waals surface area contributed by atoms with Gasteiger partial charge in [-0.1, -0.05) is 42.5 Å². The minimum absolute atomic E-state index is 0.0175. The second-order valence-electron chi connectivity index (χ2n) is 4.85. The van der Waals surface area contributed by atoms with Gasteiger partial charge in [0.1, 0.15) is 0 Å². The lowest BCUT2D eigenvalue weighted by molar-refractivity contribution is -0.0443. The summed E-state index contributed by atoms with van der Waals surface area (Å²) in [4.78, 5) is 2.06. The standard InChI is InChI=1S/C14H20F2N2S/c1-11(2)18(9-8-13(17)19)10-14(15,16)12-6-4-3-5-7-12/h3-7,11H,8-10H2,1-2H3,(H2,17,19). The molecule has 1 aromatic rings. The Balaban J connectivity index is 2.75. The van der Waals surface area contributed by atoms with E-state index in [-0.39, 0.29) is 18.2 Å². The quantitative estimate of drug-likeness (QED) is 0.781. The molecule has 0 bridgehead atoms. The maximum atomic E-state index is 14.2. The van der Waals surface area contributed by atoms with Crippen LogP contribution in [0.3, 0.4) is 0 Å². The minimum Gasteiger partial charge on any atom is -0.393 e. The molecule has 0 aliphatic rings. The molecule has 0 heterocycles. The number of nitrogens with zero attached hydrogens (tertiary/aromatic N) is 1. The fraction of sp³-hybridized carbons (Fsp3) is 0.500. The summed E-state index contributed by atoms with van der Waals surface area (Å²) in [6.45, 7) is 3.91. The Morgan fingerprint density at radius 1 is 1.32 bits per heavy atom. The van der Waals surface area contributed by atoms with Crippen molar-refractivity contribution in [2.24, 2.45) is 5.73 Å². The van der Waals surface area contributed by atoms with Crippen LogP contribution in [0.25, 0.3) is 0 Å². The molecule has 0 fully saturated rings. The summed E-state index contributed by atoms with van der Waals surface area (Å²) < 4.78 is 28.4. The van der Waals surface area contributed by atoms with Crippen LogP contribution in [0, 0.1) is 0 Å². The SMILES string of the molecule is CC(C)N(CCC(N)=S)CC(F)(F)c1ccccc1. The van der Waals surface area contributed by atoms with Crippen molar-refractivity contribution in [1.82, 2.24) is 4.90 Å². The molecule has 0 amide bonds. The first-order chi connectivity index (χ1) is 8.83. The van der Waals surface area contributed by atoms with Crippen LogP contribution in [-0.2, 0) is 5.92 Å². The summed E-state index contributed by atoms with van der Waals surface area (Å²) in [6, 6.07) is 7.89. The molecular weight excluding hydrogens is 266 g/mol. The van der Waals surface area contributed by atoms with Crippen LogP contribution in [-0.4, -0.2) is 29.0 Å². The van der Waals surface area contributed by atoms with E-state index in [4.69, 9.17) is 18.0 Å². The second-order valence-corrected chi connectivity index (χ2v) is 5.38. The molecule has 2 N–H and O–H groups in total. The highest BCUT2D eigenvalue weighted by atomic mass is 32.1. The predicted molar refractivity (Wildman–Crippen MR) is 78.4 cm³/mol. The summed E-state index contributed by atoms with van der Waals surface area (Å²) in [5.41, 5.74) is 5.47. The smallest absolute Gasteiger partial charge is 0.285 e. The first kappa shape index (κ1) is 16.0. The number of halogens is 2. The first-order valence-corrected chi connectivity index (χ1v) is 6.69. The van der Waals surface area contributed by atoms with E-state index in [2.05, 4.69) is 0 Å². The molecule has 0 atom stereocenters. The Kier molecular flexibility index (Phi) is 5.82. The molecule has 0 radical (unpaired) electrons. The van der Waals surface area contributed by atoms with E-state index in [9.17, 15) is 8.78 Å². The molecule has 1 rings (SSSR count). The van der Waals surface area contributed by atoms with Crippen molar-refractivity contribution in [3.05, 3.63) is 35.9 Å². The highest BCUT2D eigenvalue weighted by Gasteiger charge is 2.34. The molecule has 0 spiro atoms. The van der Waals surface area contributed by atoms with Gasteiger partial charge in [-0.15, -0.1) is 0 Å². The highest BCUT2D eigenvalue weighted by Crippen LogP contribution is 2.29. The van der Waals surface area contributed by atoms with Crippen molar-refractivity contribution in [2.45, 2.75) is 32.2 Å². The molecule has 2 nitrogen and oxygen atoms in total. The van der Waals surface area contributed by atoms with Gasteiger partial charge in [0.15, 0.2) is 0 Å². The largest absolute Gasteiger partial charge is 0.393 e. The number of hydrogen-bond acceptors (Lipinski definition) is 2. The Morgan fingerprint density at radius 2 is 1.89 bits per heavy atom. The summed E-state index contributed by atoms with van der Waals surface area (Å²) in [5, 5.41) is 0. The van der Waals surface area contributed by atoms with Crippen molar-refractivity contribution < 1.29 is 8.78 Å². The molecule has 0 saturated heterocycles. The maximum Gasteiger partial charge on any atom is 0.285 e. The fourth-order valence-corrected chi connectivity index (χ4v) is 1.89. The molecular formula is C14H20F2N2S. The average Bonchev–Trinajstić information content (AvgIpc) is 2.35. The number of hydrogen-bond donors (Lipinski definition) is 1. The third-order valence-electron chi connectivity index (χ3n) is 2.97. The van der Waals surface area contributed by atoms with Crippen molar-refractivity contribution in [1.29, 1.82) is 0 Å². The summed E-state index contributed by atoms with van der Waals surface area (Å²) >= 11 is 4.80. The number of thiocarbonyl (C=S) groups is 1. The van der Waals surface area contributed by atoms with Gasteiger partial charge in [0.05, 0.1) is 11.5 Å². The predicted octanol–water partition coefficient (Wildman–Crippen LogP) is 3.17. The van der Waals surface area contributed by atoms with Gasteiger partial charge in [-0.2, -0.15) is 8.78 Å². The molecule has 1 aromatic carbocycles. The second kappa shape index (κ2) is 6.91. The lowest BCUT2D eigenvalue weighted by Gasteiger charge is -2.30. The van der Waals surface area contributed by atoms with Gasteiger partial charge in [-0.05, 0) is 13.8 Å². The molecule has 0 saturated carbocycles. The molecule has 0 aliphatic heterocycles. The van der Waals surface area contributed by atoms with Crippen LogP contribution in [0.1, 0.15) is 25.8 Å². The fourth-order valence-electron chi connectivity index (χ4n) is 1.80. The van der Waals surface area contributed by atoms with Crippen LogP contribution in [0.15, 0.2) is 30.3 Å². The maximum absolute atomic E-state index is 14.2. The molecule has 0 aliphatic carbocycles. The van der Waals surface area contributed by atoms with Crippen molar-refractivity contribution >= 4 is 17.2 Å². The van der Waals surface area contributed by atoms with E-state index in [1.54, 1.807) is 23.1 Å². The van der Waals surface area contributed by atoms with E-state index in [1.165, 1.54) is 12.1 Å². The molecule has 0 unspecified atom stereocenters. The van der Waals surface area contributed by atoms with Crippen LogP contribution in [0.2, 0.25) is 0 Å². The van der Waals surface area contributed by atoms with Crippen LogP contribution in [0.4, 0.5) is 8.78 Å². The van der Waals surface area contributed by atoms with Gasteiger partial charge in [0.25, 0.3) is 5.92 Å². The highest BCUT2D eigenvalue weighted by molar-refractivity contribution is 7.80. The topological polar surface area (TPSA) is 29.3 Å². The van der Waals surface area contributed by atoms with Gasteiger partial charge in [0, 0.05) is 24.6 Å². The Labute approximate surface area is 118 Å². The summed E-state index contributed by atoms with van der Waals surface area (Å²) in [5.74, 6) is -2.87. The van der Waals surface area contributed by atoms with E-state index in [1.807, 2.05) is 13.8 Å². The first-order valence-electron chi connectivity index (χ1n) is 6.28. The molecule has 5 heteroatoms. The van der Waals surface area contributed by atoms with Crippen molar-refractivity contribution in [2.75, 3.05) is 13.1 Å². The normalized spacial score (nSPS) is 12.1. The van der Waals surface area contributed by atoms with Gasteiger partial charge < -0.3 is 5.73 Å². The zero-order valence-corrected chi connectivity index (χ0v) is 12.1. The summed E-state index contributed by atoms with van der Waals surface area (Å²) in [6.07, 6.45) is 0.457. The van der Waals surface area contributed by atoms with Crippen molar-refractivity contribution in [3.63, 3.8) is 0 Å².